The molecule has 0 saturated carbocycles. The molecular formula is C13H24N6O5. The van der Waals surface area contributed by atoms with Gasteiger partial charge in [0.05, 0.1) is 12.6 Å². The number of carbonyl (C=O) groups excluding carboxylic acids is 1. The molecule has 136 valence electrons. The molecule has 0 spiro atoms. The molecule has 8 N–H and O–H groups in total. The van der Waals surface area contributed by atoms with Crippen LogP contribution in [0.15, 0.2) is 4.42 Å². The smallest absolute Gasteiger partial charge is 0.326 e. The second-order valence-electron chi connectivity index (χ2n) is 5.30. The maximum Gasteiger partial charge on any atom is 0.326 e. The fourth-order valence-corrected chi connectivity index (χ4v) is 1.79. The lowest BCUT2D eigenvalue weighted by Gasteiger charge is -2.14. The highest BCUT2D eigenvalue weighted by molar-refractivity contribution is 5.82. The Morgan fingerprint density at radius 2 is 2.04 bits per heavy atom. The van der Waals surface area contributed by atoms with Crippen molar-refractivity contribution in [2.75, 3.05) is 6.54 Å². The number of unbranched alkanes of at least 4 members (excludes halogenated alkanes) is 1. The Bertz CT molecular complexity index is 535. The van der Waals surface area contributed by atoms with Crippen LogP contribution in [0.1, 0.15) is 44.0 Å². The number of hydrogen-bond acceptors (Lipinski definition) is 8. The monoisotopic (exact) mass is 344 g/mol. The van der Waals surface area contributed by atoms with Crippen molar-refractivity contribution in [2.24, 2.45) is 11.5 Å². The van der Waals surface area contributed by atoms with Gasteiger partial charge in [-0.1, -0.05) is 0 Å². The van der Waals surface area contributed by atoms with Crippen molar-refractivity contribution < 1.29 is 24.2 Å². The van der Waals surface area contributed by atoms with E-state index in [4.69, 9.17) is 21.0 Å². The first-order valence-corrected chi connectivity index (χ1v) is 7.58. The summed E-state index contributed by atoms with van der Waals surface area (Å²) in [5, 5.41) is 30.5. The van der Waals surface area contributed by atoms with E-state index in [1.807, 2.05) is 0 Å². The van der Waals surface area contributed by atoms with Gasteiger partial charge < -0.3 is 36.7 Å². The number of amides is 2. The summed E-state index contributed by atoms with van der Waals surface area (Å²) >= 11 is 0. The number of carboxylic acid groups (broad SMARTS) is 1. The van der Waals surface area contributed by atoms with E-state index >= 15 is 0 Å². The summed E-state index contributed by atoms with van der Waals surface area (Å²) in [5.74, 6) is -0.983. The van der Waals surface area contributed by atoms with Crippen LogP contribution in [-0.4, -0.2) is 51.1 Å². The Morgan fingerprint density at radius 1 is 1.33 bits per heavy atom. The topological polar surface area (TPSA) is 190 Å². The number of carboxylic acids is 1. The average molecular weight is 344 g/mol. The molecule has 24 heavy (non-hydrogen) atoms. The summed E-state index contributed by atoms with van der Waals surface area (Å²) in [6.07, 6.45) is 0.701. The van der Waals surface area contributed by atoms with Crippen LogP contribution in [0.3, 0.4) is 0 Å². The predicted molar refractivity (Wildman–Crippen MR) is 82.6 cm³/mol. The summed E-state index contributed by atoms with van der Waals surface area (Å²) in [6.45, 7) is 1.85. The molecule has 0 aromatic carbocycles. The van der Waals surface area contributed by atoms with Crippen LogP contribution in [0.2, 0.25) is 0 Å². The van der Waals surface area contributed by atoms with Gasteiger partial charge in [-0.15, -0.1) is 10.2 Å². The highest BCUT2D eigenvalue weighted by Crippen LogP contribution is 2.12. The summed E-state index contributed by atoms with van der Waals surface area (Å²) in [4.78, 5) is 22.8. The molecule has 11 nitrogen and oxygen atoms in total. The molecule has 0 fully saturated rings. The van der Waals surface area contributed by atoms with Gasteiger partial charge in [0, 0.05) is 0 Å². The summed E-state index contributed by atoms with van der Waals surface area (Å²) in [6, 6.07) is -2.49. The number of carbonyl (C=O) groups is 2. The van der Waals surface area contributed by atoms with Gasteiger partial charge in [-0.2, -0.15) is 0 Å². The number of hydrogen-bond donors (Lipinski definition) is 6. The lowest BCUT2D eigenvalue weighted by molar-refractivity contribution is -0.139. The van der Waals surface area contributed by atoms with Crippen LogP contribution in [0.25, 0.3) is 0 Å². The number of aliphatic carboxylic acids is 1. The first kappa shape index (κ1) is 19.8. The summed E-state index contributed by atoms with van der Waals surface area (Å²) < 4.78 is 5.21. The molecule has 11 heteroatoms. The van der Waals surface area contributed by atoms with Crippen molar-refractivity contribution in [1.82, 2.24) is 20.8 Å². The molecule has 0 radical (unpaired) electrons. The molecule has 0 aliphatic carbocycles. The summed E-state index contributed by atoms with van der Waals surface area (Å²) in [5.41, 5.74) is 11.0. The largest absolute Gasteiger partial charge is 0.480 e. The molecule has 3 atom stereocenters. The van der Waals surface area contributed by atoms with Crippen LogP contribution >= 0.6 is 0 Å². The molecule has 0 saturated heterocycles. The van der Waals surface area contributed by atoms with Crippen molar-refractivity contribution in [3.05, 3.63) is 11.8 Å². The molecule has 1 rings (SSSR count). The number of nitrogens with zero attached hydrogens (tertiary/aromatic N) is 2. The van der Waals surface area contributed by atoms with Gasteiger partial charge in [0.25, 0.3) is 0 Å². The van der Waals surface area contributed by atoms with Gasteiger partial charge in [-0.05, 0) is 32.7 Å². The number of aliphatic hydroxyl groups excluding tert-OH is 1. The van der Waals surface area contributed by atoms with Gasteiger partial charge in [0.1, 0.15) is 12.1 Å². The molecule has 2 amide bonds. The number of urea groups is 1. The Morgan fingerprint density at radius 3 is 2.62 bits per heavy atom. The Labute approximate surface area is 138 Å². The zero-order valence-corrected chi connectivity index (χ0v) is 13.4. The molecule has 0 bridgehead atoms. The maximum absolute atomic E-state index is 11.7. The quantitative estimate of drug-likeness (QED) is 0.284. The third-order valence-electron chi connectivity index (χ3n) is 3.24. The van der Waals surface area contributed by atoms with Gasteiger partial charge in [-0.25, -0.2) is 9.59 Å². The van der Waals surface area contributed by atoms with Crippen molar-refractivity contribution in [1.29, 1.82) is 0 Å². The first-order valence-electron chi connectivity index (χ1n) is 7.58. The van der Waals surface area contributed by atoms with Crippen molar-refractivity contribution in [3.8, 4) is 0 Å². The number of rotatable bonds is 10. The van der Waals surface area contributed by atoms with Crippen molar-refractivity contribution >= 4 is 12.0 Å². The SMILES string of the molecule is CC(O)C(N)c1nnc(CNC(=O)NC(CCCCN)C(=O)O)o1. The molecule has 1 aromatic heterocycles. The van der Waals surface area contributed by atoms with E-state index in [1.54, 1.807) is 0 Å². The zero-order valence-electron chi connectivity index (χ0n) is 13.4. The average Bonchev–Trinajstić information content (AvgIpc) is 3.00. The van der Waals surface area contributed by atoms with Crippen LogP contribution < -0.4 is 22.1 Å². The van der Waals surface area contributed by atoms with Crippen LogP contribution in [0, 0.1) is 0 Å². The number of nitrogens with one attached hydrogen (secondary N) is 2. The minimum atomic E-state index is -1.12. The number of aromatic nitrogens is 2. The minimum Gasteiger partial charge on any atom is -0.480 e. The Balaban J connectivity index is 2.45. The molecule has 1 heterocycles. The van der Waals surface area contributed by atoms with Crippen molar-refractivity contribution in [3.63, 3.8) is 0 Å². The zero-order chi connectivity index (χ0) is 18.1. The third kappa shape index (κ3) is 6.48. The van der Waals surface area contributed by atoms with Crippen LogP contribution in [0.5, 0.6) is 0 Å². The lowest BCUT2D eigenvalue weighted by atomic mass is 10.1. The van der Waals surface area contributed by atoms with E-state index in [1.165, 1.54) is 6.92 Å². The maximum atomic E-state index is 11.7. The Hall–Kier alpha value is -2.24. The fourth-order valence-electron chi connectivity index (χ4n) is 1.79. The van der Waals surface area contributed by atoms with E-state index in [2.05, 4.69) is 20.8 Å². The molecule has 1 aromatic rings. The van der Waals surface area contributed by atoms with Gasteiger partial charge in [0.15, 0.2) is 0 Å². The van der Waals surface area contributed by atoms with Gasteiger partial charge in [-0.3, -0.25) is 0 Å². The van der Waals surface area contributed by atoms with Crippen LogP contribution in [0.4, 0.5) is 4.79 Å². The van der Waals surface area contributed by atoms with Gasteiger partial charge >= 0.3 is 12.0 Å². The second kappa shape index (κ2) is 9.80. The number of aliphatic hydroxyl groups is 1. The normalized spacial score (nSPS) is 14.7. The molecule has 0 aliphatic heterocycles. The van der Waals surface area contributed by atoms with E-state index in [9.17, 15) is 14.7 Å². The molecular weight excluding hydrogens is 320 g/mol. The molecule has 3 unspecified atom stereocenters. The molecule has 0 aliphatic rings. The second-order valence-corrected chi connectivity index (χ2v) is 5.30. The predicted octanol–water partition coefficient (Wildman–Crippen LogP) is -1.17. The van der Waals surface area contributed by atoms with E-state index in [0.29, 0.717) is 19.4 Å². The fraction of sp³-hybridized carbons (Fsp3) is 0.692. The lowest BCUT2D eigenvalue weighted by Crippen LogP contribution is -2.45. The standard InChI is InChI=1S/C13H24N6O5/c1-7(20)10(15)11-19-18-9(24-11)6-16-13(23)17-8(12(21)22)4-2-3-5-14/h7-8,10,20H,2-6,14-15H2,1H3,(H,21,22)(H2,16,17,23). The highest BCUT2D eigenvalue weighted by Gasteiger charge is 2.21. The third-order valence-corrected chi connectivity index (χ3v) is 3.24. The van der Waals surface area contributed by atoms with E-state index in [0.717, 1.165) is 0 Å². The van der Waals surface area contributed by atoms with E-state index in [-0.39, 0.29) is 24.7 Å². The Kier molecular flexibility index (Phi) is 8.09. The van der Waals surface area contributed by atoms with Gasteiger partial charge in [0.2, 0.25) is 11.8 Å². The number of nitrogens with two attached hydrogens (primary N) is 2. The van der Waals surface area contributed by atoms with Crippen molar-refractivity contribution in [2.45, 2.75) is 50.9 Å². The van der Waals surface area contributed by atoms with Crippen LogP contribution in [-0.2, 0) is 11.3 Å². The highest BCUT2D eigenvalue weighted by atomic mass is 16.4. The minimum absolute atomic E-state index is 0.0485. The van der Waals surface area contributed by atoms with E-state index < -0.39 is 30.2 Å². The summed E-state index contributed by atoms with van der Waals surface area (Å²) in [7, 11) is 0. The first-order chi connectivity index (χ1) is 11.3.